The van der Waals surface area contributed by atoms with E-state index in [9.17, 15) is 9.50 Å². The highest BCUT2D eigenvalue weighted by atomic mass is 35.5. The number of hydrogen-bond acceptors (Lipinski definition) is 1. The van der Waals surface area contributed by atoms with Gasteiger partial charge in [0.05, 0.1) is 11.1 Å². The predicted octanol–water partition coefficient (Wildman–Crippen LogP) is 4.60. The van der Waals surface area contributed by atoms with Crippen molar-refractivity contribution in [1.82, 2.24) is 0 Å². The maximum Gasteiger partial charge on any atom is 0.142 e. The highest BCUT2D eigenvalue weighted by Gasteiger charge is 2.26. The van der Waals surface area contributed by atoms with Crippen LogP contribution in [0.1, 0.15) is 44.6 Å². The zero-order chi connectivity index (χ0) is 13.8. The summed E-state index contributed by atoms with van der Waals surface area (Å²) in [5.41, 5.74) is 0.715. The molecule has 1 unspecified atom stereocenters. The van der Waals surface area contributed by atoms with Gasteiger partial charge in [-0.05, 0) is 36.3 Å². The van der Waals surface area contributed by atoms with Crippen LogP contribution in [0.15, 0.2) is 18.2 Å². The molecule has 1 aliphatic rings. The van der Waals surface area contributed by atoms with E-state index in [1.807, 2.05) is 0 Å². The lowest BCUT2D eigenvalue weighted by molar-refractivity contribution is 0.0735. The van der Waals surface area contributed by atoms with Crippen molar-refractivity contribution >= 4 is 11.6 Å². The molecule has 19 heavy (non-hydrogen) atoms. The lowest BCUT2D eigenvalue weighted by atomic mass is 9.77. The van der Waals surface area contributed by atoms with Crippen molar-refractivity contribution in [3.8, 4) is 0 Å². The fourth-order valence-corrected chi connectivity index (χ4v) is 3.28. The number of hydrogen-bond donors (Lipinski definition) is 1. The molecule has 1 aromatic carbocycles. The molecule has 1 saturated carbocycles. The third kappa shape index (κ3) is 3.70. The topological polar surface area (TPSA) is 20.2 Å². The molecule has 1 aromatic rings. The predicted molar refractivity (Wildman–Crippen MR) is 76.9 cm³/mol. The Morgan fingerprint density at radius 1 is 1.32 bits per heavy atom. The number of rotatable bonds is 4. The second kappa shape index (κ2) is 6.71. The number of halogens is 2. The normalized spacial score (nSPS) is 25.3. The number of aliphatic hydroxyl groups excluding tert-OH is 1. The van der Waals surface area contributed by atoms with E-state index in [1.54, 1.807) is 12.1 Å². The van der Waals surface area contributed by atoms with Crippen molar-refractivity contribution in [3.05, 3.63) is 34.6 Å². The van der Waals surface area contributed by atoms with Crippen molar-refractivity contribution < 1.29 is 9.50 Å². The van der Waals surface area contributed by atoms with E-state index < -0.39 is 11.9 Å². The lowest BCUT2D eigenvalue weighted by Gasteiger charge is -2.31. The van der Waals surface area contributed by atoms with Crippen LogP contribution in [-0.4, -0.2) is 11.2 Å². The first-order valence-corrected chi connectivity index (χ1v) is 7.60. The Morgan fingerprint density at radius 3 is 2.63 bits per heavy atom. The van der Waals surface area contributed by atoms with Gasteiger partial charge in [0.2, 0.25) is 0 Å². The smallest absolute Gasteiger partial charge is 0.142 e. The molecule has 0 saturated heterocycles. The van der Waals surface area contributed by atoms with Gasteiger partial charge in [0.1, 0.15) is 5.82 Å². The maximum absolute atomic E-state index is 13.4. The zero-order valence-corrected chi connectivity index (χ0v) is 12.2. The molecule has 0 bridgehead atoms. The van der Waals surface area contributed by atoms with Gasteiger partial charge in [0, 0.05) is 6.42 Å². The zero-order valence-electron chi connectivity index (χ0n) is 11.4. The van der Waals surface area contributed by atoms with E-state index in [0.29, 0.717) is 17.9 Å². The van der Waals surface area contributed by atoms with E-state index in [-0.39, 0.29) is 5.02 Å². The Kier molecular flexibility index (Phi) is 5.23. The van der Waals surface area contributed by atoms with Gasteiger partial charge in [0.15, 0.2) is 0 Å². The van der Waals surface area contributed by atoms with Crippen LogP contribution in [0.3, 0.4) is 0 Å². The number of benzene rings is 1. The SMILES string of the molecule is CCC1CCC(C(O)Cc2cccc(F)c2Cl)CC1. The fraction of sp³-hybridized carbons (Fsp3) is 0.625. The second-order valence-corrected chi connectivity index (χ2v) is 6.05. The molecule has 0 aliphatic heterocycles. The molecule has 1 N–H and O–H groups in total. The largest absolute Gasteiger partial charge is 0.392 e. The highest BCUT2D eigenvalue weighted by Crippen LogP contribution is 2.34. The molecule has 0 aromatic heterocycles. The summed E-state index contributed by atoms with van der Waals surface area (Å²) in [6, 6.07) is 4.80. The molecule has 1 atom stereocenters. The summed E-state index contributed by atoms with van der Waals surface area (Å²) in [6.45, 7) is 2.23. The summed E-state index contributed by atoms with van der Waals surface area (Å²) >= 11 is 5.94. The lowest BCUT2D eigenvalue weighted by Crippen LogP contribution is -2.27. The minimum atomic E-state index is -0.405. The standard InChI is InChI=1S/C16H22ClFO/c1-2-11-6-8-12(9-7-11)15(19)10-13-4-3-5-14(18)16(13)17/h3-5,11-12,15,19H,2,6-10H2,1H3. The minimum Gasteiger partial charge on any atom is -0.392 e. The van der Waals surface area contributed by atoms with Crippen LogP contribution < -0.4 is 0 Å². The van der Waals surface area contributed by atoms with E-state index in [4.69, 9.17) is 11.6 Å². The summed E-state index contributed by atoms with van der Waals surface area (Å²) in [6.07, 6.45) is 5.84. The van der Waals surface area contributed by atoms with Crippen molar-refractivity contribution in [3.63, 3.8) is 0 Å². The Morgan fingerprint density at radius 2 is 2.00 bits per heavy atom. The van der Waals surface area contributed by atoms with Crippen molar-refractivity contribution in [1.29, 1.82) is 0 Å². The van der Waals surface area contributed by atoms with E-state index in [0.717, 1.165) is 18.8 Å². The third-order valence-electron chi connectivity index (χ3n) is 4.47. The minimum absolute atomic E-state index is 0.156. The van der Waals surface area contributed by atoms with E-state index in [1.165, 1.54) is 25.3 Å². The van der Waals surface area contributed by atoms with Gasteiger partial charge in [0.25, 0.3) is 0 Å². The van der Waals surface area contributed by atoms with Gasteiger partial charge in [-0.3, -0.25) is 0 Å². The van der Waals surface area contributed by atoms with Gasteiger partial charge in [-0.15, -0.1) is 0 Å². The second-order valence-electron chi connectivity index (χ2n) is 5.67. The first-order chi connectivity index (χ1) is 9.11. The Balaban J connectivity index is 1.94. The Bertz CT molecular complexity index is 413. The van der Waals surface area contributed by atoms with Crippen LogP contribution in [0.25, 0.3) is 0 Å². The van der Waals surface area contributed by atoms with Crippen LogP contribution >= 0.6 is 11.6 Å². The quantitative estimate of drug-likeness (QED) is 0.857. The van der Waals surface area contributed by atoms with Crippen LogP contribution in [-0.2, 0) is 6.42 Å². The average molecular weight is 285 g/mol. The van der Waals surface area contributed by atoms with Crippen molar-refractivity contribution in [2.24, 2.45) is 11.8 Å². The highest BCUT2D eigenvalue weighted by molar-refractivity contribution is 6.31. The molecule has 3 heteroatoms. The number of aliphatic hydroxyl groups is 1. The molecule has 0 radical (unpaired) electrons. The van der Waals surface area contributed by atoms with Gasteiger partial charge < -0.3 is 5.11 Å². The van der Waals surface area contributed by atoms with Crippen LogP contribution in [0, 0.1) is 17.7 Å². The molecule has 1 aliphatic carbocycles. The Labute approximate surface area is 119 Å². The van der Waals surface area contributed by atoms with E-state index in [2.05, 4.69) is 6.92 Å². The molecule has 0 amide bonds. The summed E-state index contributed by atoms with van der Waals surface area (Å²) in [5.74, 6) is 0.754. The molecule has 1 fully saturated rings. The van der Waals surface area contributed by atoms with Gasteiger partial charge in [-0.2, -0.15) is 0 Å². The van der Waals surface area contributed by atoms with Crippen molar-refractivity contribution in [2.75, 3.05) is 0 Å². The van der Waals surface area contributed by atoms with Crippen LogP contribution in [0.4, 0.5) is 4.39 Å². The van der Waals surface area contributed by atoms with E-state index >= 15 is 0 Å². The van der Waals surface area contributed by atoms with Gasteiger partial charge in [-0.1, -0.05) is 49.9 Å². The first kappa shape index (κ1) is 14.8. The molecule has 2 rings (SSSR count). The molecule has 106 valence electrons. The van der Waals surface area contributed by atoms with Crippen LogP contribution in [0.5, 0.6) is 0 Å². The molecular formula is C16H22ClFO. The van der Waals surface area contributed by atoms with Crippen molar-refractivity contribution in [2.45, 2.75) is 51.6 Å². The maximum atomic E-state index is 13.4. The first-order valence-electron chi connectivity index (χ1n) is 7.22. The third-order valence-corrected chi connectivity index (χ3v) is 4.90. The van der Waals surface area contributed by atoms with Gasteiger partial charge >= 0.3 is 0 Å². The summed E-state index contributed by atoms with van der Waals surface area (Å²) in [5, 5.41) is 10.5. The molecular weight excluding hydrogens is 263 g/mol. The summed E-state index contributed by atoms with van der Waals surface area (Å²) in [7, 11) is 0. The molecule has 1 nitrogen and oxygen atoms in total. The van der Waals surface area contributed by atoms with Gasteiger partial charge in [-0.25, -0.2) is 4.39 Å². The summed E-state index contributed by atoms with van der Waals surface area (Å²) in [4.78, 5) is 0. The monoisotopic (exact) mass is 284 g/mol. The summed E-state index contributed by atoms with van der Waals surface area (Å²) < 4.78 is 13.4. The Hall–Kier alpha value is -0.600. The average Bonchev–Trinajstić information content (AvgIpc) is 2.44. The molecule has 0 heterocycles. The molecule has 0 spiro atoms. The fourth-order valence-electron chi connectivity index (χ4n) is 3.08. The van der Waals surface area contributed by atoms with Crippen LogP contribution in [0.2, 0.25) is 5.02 Å².